The molecule has 0 aliphatic rings. The Kier molecular flexibility index (Phi) is 3.66. The first-order chi connectivity index (χ1) is 8.13. The minimum absolute atomic E-state index is 0.232. The zero-order valence-corrected chi connectivity index (χ0v) is 11.4. The summed E-state index contributed by atoms with van der Waals surface area (Å²) in [5.41, 5.74) is 1.56. The Labute approximate surface area is 111 Å². The van der Waals surface area contributed by atoms with Crippen LogP contribution in [-0.2, 0) is 16.0 Å². The molecule has 0 saturated carbocycles. The van der Waals surface area contributed by atoms with Gasteiger partial charge in [-0.1, -0.05) is 0 Å². The molecule has 0 atom stereocenters. The maximum absolute atomic E-state index is 14.0. The molecule has 0 spiro atoms. The normalized spacial score (nSPS) is 10.8. The summed E-state index contributed by atoms with van der Waals surface area (Å²) in [5.74, 6) is -0.519. The molecule has 2 aromatic rings. The van der Waals surface area contributed by atoms with Crippen molar-refractivity contribution >= 4 is 39.5 Å². The van der Waals surface area contributed by atoms with E-state index in [1.807, 2.05) is 28.7 Å². The van der Waals surface area contributed by atoms with Gasteiger partial charge in [-0.05, 0) is 46.7 Å². The first kappa shape index (κ1) is 12.3. The van der Waals surface area contributed by atoms with Gasteiger partial charge in [0.1, 0.15) is 5.82 Å². The van der Waals surface area contributed by atoms with Crippen LogP contribution in [0.3, 0.4) is 0 Å². The lowest BCUT2D eigenvalue weighted by atomic mass is 10.1. The Hall–Kier alpha value is -1.11. The lowest BCUT2D eigenvalue weighted by Crippen LogP contribution is -2.01. The van der Waals surface area contributed by atoms with Gasteiger partial charge in [0, 0.05) is 27.1 Å². The van der Waals surface area contributed by atoms with Crippen molar-refractivity contribution in [3.8, 4) is 0 Å². The number of benzene rings is 1. The van der Waals surface area contributed by atoms with Crippen LogP contribution in [0.2, 0.25) is 0 Å². The van der Waals surface area contributed by atoms with Crippen LogP contribution >= 0.6 is 22.6 Å². The molecule has 1 N–H and O–H groups in total. The Bertz CT molecular complexity index is 565. The highest BCUT2D eigenvalue weighted by Gasteiger charge is 2.12. The number of carbonyl (C=O) groups is 1. The van der Waals surface area contributed by atoms with Crippen molar-refractivity contribution in [1.29, 1.82) is 0 Å². The summed E-state index contributed by atoms with van der Waals surface area (Å²) in [6, 6.07) is 3.56. The number of nitrogens with one attached hydrogen (secondary N) is 1. The predicted molar refractivity (Wildman–Crippen MR) is 71.3 cm³/mol. The van der Waals surface area contributed by atoms with Crippen LogP contribution in [0.1, 0.15) is 12.0 Å². The van der Waals surface area contributed by atoms with Gasteiger partial charge in [-0.25, -0.2) is 4.39 Å². The molecule has 0 unspecified atom stereocenters. The van der Waals surface area contributed by atoms with Gasteiger partial charge in [0.15, 0.2) is 0 Å². The van der Waals surface area contributed by atoms with E-state index in [9.17, 15) is 9.18 Å². The van der Waals surface area contributed by atoms with Crippen LogP contribution in [0.15, 0.2) is 18.3 Å². The minimum atomic E-state index is -0.287. The van der Waals surface area contributed by atoms with Crippen molar-refractivity contribution in [3.63, 3.8) is 0 Å². The number of methoxy groups -OCH3 is 1. The average Bonchev–Trinajstić information content (AvgIpc) is 2.74. The van der Waals surface area contributed by atoms with Crippen LogP contribution in [0, 0.1) is 9.39 Å². The number of rotatable bonds is 3. The predicted octanol–water partition coefficient (Wildman–Crippen LogP) is 3.02. The highest BCUT2D eigenvalue weighted by Crippen LogP contribution is 2.26. The Morgan fingerprint density at radius 1 is 1.53 bits per heavy atom. The summed E-state index contributed by atoms with van der Waals surface area (Å²) in [6.45, 7) is 0. The lowest BCUT2D eigenvalue weighted by Gasteiger charge is -2.01. The van der Waals surface area contributed by atoms with Gasteiger partial charge in [-0.3, -0.25) is 4.79 Å². The number of hydrogen-bond donors (Lipinski definition) is 1. The van der Waals surface area contributed by atoms with Crippen molar-refractivity contribution in [2.45, 2.75) is 12.8 Å². The molecule has 0 radical (unpaired) electrons. The molecule has 0 aliphatic heterocycles. The lowest BCUT2D eigenvalue weighted by molar-refractivity contribution is -0.140. The van der Waals surface area contributed by atoms with E-state index >= 15 is 0 Å². The minimum Gasteiger partial charge on any atom is -0.469 e. The summed E-state index contributed by atoms with van der Waals surface area (Å²) in [6.07, 6.45) is 2.48. The summed E-state index contributed by atoms with van der Waals surface area (Å²) in [4.78, 5) is 14.1. The van der Waals surface area contributed by atoms with Crippen molar-refractivity contribution in [3.05, 3.63) is 33.3 Å². The maximum Gasteiger partial charge on any atom is 0.305 e. The standard InChI is InChI=1S/C12H11FINO2/c1-17-10(16)5-2-7-6-15-9-4-3-8(14)12(13)11(7)9/h3-4,6,15H,2,5H2,1H3. The number of ether oxygens (including phenoxy) is 1. The molecule has 90 valence electrons. The largest absolute Gasteiger partial charge is 0.469 e. The second-order valence-electron chi connectivity index (χ2n) is 3.67. The van der Waals surface area contributed by atoms with E-state index in [1.165, 1.54) is 7.11 Å². The first-order valence-electron chi connectivity index (χ1n) is 5.14. The molecular formula is C12H11FINO2. The zero-order valence-electron chi connectivity index (χ0n) is 9.22. The molecule has 3 nitrogen and oxygen atoms in total. The van der Waals surface area contributed by atoms with E-state index in [2.05, 4.69) is 9.72 Å². The number of H-pyrrole nitrogens is 1. The van der Waals surface area contributed by atoms with Crippen molar-refractivity contribution < 1.29 is 13.9 Å². The van der Waals surface area contributed by atoms with Crippen molar-refractivity contribution in [2.75, 3.05) is 7.11 Å². The molecule has 2 rings (SSSR count). The SMILES string of the molecule is COC(=O)CCc1c[nH]c2ccc(I)c(F)c12. The molecule has 1 aromatic carbocycles. The van der Waals surface area contributed by atoms with Gasteiger partial charge >= 0.3 is 5.97 Å². The number of carbonyl (C=O) groups excluding carboxylic acids is 1. The Morgan fingerprint density at radius 2 is 2.29 bits per heavy atom. The zero-order chi connectivity index (χ0) is 12.4. The summed E-state index contributed by atoms with van der Waals surface area (Å²) >= 11 is 1.96. The van der Waals surface area contributed by atoms with Crippen LogP contribution in [0.5, 0.6) is 0 Å². The number of hydrogen-bond acceptors (Lipinski definition) is 2. The van der Waals surface area contributed by atoms with E-state index in [0.717, 1.165) is 11.1 Å². The molecular weight excluding hydrogens is 336 g/mol. The average molecular weight is 347 g/mol. The number of fused-ring (bicyclic) bond motifs is 1. The van der Waals surface area contributed by atoms with Gasteiger partial charge < -0.3 is 9.72 Å². The number of esters is 1. The fraction of sp³-hybridized carbons (Fsp3) is 0.250. The molecule has 0 saturated heterocycles. The van der Waals surface area contributed by atoms with Gasteiger partial charge in [0.25, 0.3) is 0 Å². The Morgan fingerprint density at radius 3 is 3.00 bits per heavy atom. The van der Waals surface area contributed by atoms with E-state index in [4.69, 9.17) is 0 Å². The van der Waals surface area contributed by atoms with Gasteiger partial charge in [-0.2, -0.15) is 0 Å². The van der Waals surface area contributed by atoms with Gasteiger partial charge in [0.05, 0.1) is 7.11 Å². The smallest absolute Gasteiger partial charge is 0.305 e. The van der Waals surface area contributed by atoms with Crippen LogP contribution < -0.4 is 0 Å². The molecule has 0 amide bonds. The first-order valence-corrected chi connectivity index (χ1v) is 6.22. The van der Waals surface area contributed by atoms with Gasteiger partial charge in [0.2, 0.25) is 0 Å². The van der Waals surface area contributed by atoms with Crippen LogP contribution in [0.4, 0.5) is 4.39 Å². The topological polar surface area (TPSA) is 42.1 Å². The molecule has 5 heteroatoms. The molecule has 0 aliphatic carbocycles. The molecule has 0 bridgehead atoms. The summed E-state index contributed by atoms with van der Waals surface area (Å²) in [7, 11) is 1.35. The van der Waals surface area contributed by atoms with Crippen molar-refractivity contribution in [1.82, 2.24) is 4.98 Å². The fourth-order valence-corrected chi connectivity index (χ4v) is 2.21. The third-order valence-corrected chi connectivity index (χ3v) is 3.48. The number of halogens is 2. The molecule has 17 heavy (non-hydrogen) atoms. The monoisotopic (exact) mass is 347 g/mol. The second kappa shape index (κ2) is 5.03. The fourth-order valence-electron chi connectivity index (χ4n) is 1.76. The highest BCUT2D eigenvalue weighted by atomic mass is 127. The molecule has 1 aromatic heterocycles. The van der Waals surface area contributed by atoms with Crippen LogP contribution in [0.25, 0.3) is 10.9 Å². The van der Waals surface area contributed by atoms with Crippen molar-refractivity contribution in [2.24, 2.45) is 0 Å². The maximum atomic E-state index is 14.0. The summed E-state index contributed by atoms with van der Waals surface area (Å²) < 4.78 is 19.1. The van der Waals surface area contributed by atoms with E-state index in [1.54, 1.807) is 12.3 Å². The number of aromatic amines is 1. The third kappa shape index (κ3) is 2.43. The quantitative estimate of drug-likeness (QED) is 0.685. The van der Waals surface area contributed by atoms with Gasteiger partial charge in [-0.15, -0.1) is 0 Å². The highest BCUT2D eigenvalue weighted by molar-refractivity contribution is 14.1. The Balaban J connectivity index is 2.35. The third-order valence-electron chi connectivity index (χ3n) is 2.64. The molecule has 1 heterocycles. The number of aromatic nitrogens is 1. The molecule has 0 fully saturated rings. The van der Waals surface area contributed by atoms with E-state index < -0.39 is 0 Å². The van der Waals surface area contributed by atoms with Crippen LogP contribution in [-0.4, -0.2) is 18.1 Å². The summed E-state index contributed by atoms with van der Waals surface area (Å²) in [5, 5.41) is 0.570. The van der Waals surface area contributed by atoms with E-state index in [0.29, 0.717) is 15.4 Å². The second-order valence-corrected chi connectivity index (χ2v) is 4.84. The number of aryl methyl sites for hydroxylation is 1. The van der Waals surface area contributed by atoms with E-state index in [-0.39, 0.29) is 18.2 Å².